The van der Waals surface area contributed by atoms with Crippen molar-refractivity contribution in [3.8, 4) is 0 Å². The fourth-order valence-electron chi connectivity index (χ4n) is 1.21. The molecule has 1 aromatic rings. The van der Waals surface area contributed by atoms with E-state index in [-0.39, 0.29) is 12.5 Å². The van der Waals surface area contributed by atoms with Gasteiger partial charge in [-0.15, -0.1) is 0 Å². The van der Waals surface area contributed by atoms with E-state index in [0.717, 1.165) is 0 Å². The maximum atomic E-state index is 10.7. The number of rotatable bonds is 2. The summed E-state index contributed by atoms with van der Waals surface area (Å²) in [6.45, 7) is 0.177. The van der Waals surface area contributed by atoms with E-state index < -0.39 is 4.92 Å². The lowest BCUT2D eigenvalue weighted by atomic mass is 10.4. The Kier molecular flexibility index (Phi) is 2.77. The van der Waals surface area contributed by atoms with Crippen LogP contribution in [0.25, 0.3) is 0 Å². The summed E-state index contributed by atoms with van der Waals surface area (Å²) >= 11 is 0. The van der Waals surface area contributed by atoms with Crippen molar-refractivity contribution >= 4 is 12.2 Å². The molecule has 0 spiro atoms. The Morgan fingerprint density at radius 3 is 3.06 bits per heavy atom. The number of nitrogens with zero attached hydrogens (tertiary/aromatic N) is 4. The first kappa shape index (κ1) is 10.1. The molecule has 0 atom stereocenters. The number of pyridine rings is 1. The summed E-state index contributed by atoms with van der Waals surface area (Å²) in [6, 6.07) is 5.31. The van der Waals surface area contributed by atoms with Crippen LogP contribution in [0.5, 0.6) is 0 Å². The summed E-state index contributed by atoms with van der Waals surface area (Å²) in [5.41, 5.74) is 0. The number of nitro groups is 1. The van der Waals surface area contributed by atoms with E-state index in [0.29, 0.717) is 5.82 Å². The molecule has 0 amide bonds. The number of aliphatic imine (C=N–C) groups is 1. The van der Waals surface area contributed by atoms with Crippen LogP contribution in [0, 0.1) is 10.1 Å². The molecule has 1 N–H and O–H groups in total. The first-order chi connectivity index (χ1) is 7.77. The van der Waals surface area contributed by atoms with Gasteiger partial charge in [0, 0.05) is 6.20 Å². The van der Waals surface area contributed by atoms with Gasteiger partial charge in [0.25, 0.3) is 0 Å². The molecular weight excluding hydrogens is 210 g/mol. The van der Waals surface area contributed by atoms with Crippen molar-refractivity contribution in [1.29, 1.82) is 0 Å². The van der Waals surface area contributed by atoms with Gasteiger partial charge in [-0.1, -0.05) is 6.07 Å². The molecule has 0 saturated heterocycles. The molecule has 0 bridgehead atoms. The van der Waals surface area contributed by atoms with Crippen LogP contribution in [-0.2, 0) is 0 Å². The van der Waals surface area contributed by atoms with E-state index in [1.807, 2.05) is 0 Å². The smallest absolute Gasteiger partial charge is 0.334 e. The predicted molar refractivity (Wildman–Crippen MR) is 58.3 cm³/mol. The summed E-state index contributed by atoms with van der Waals surface area (Å²) < 4.78 is 0. The molecule has 7 nitrogen and oxygen atoms in total. The van der Waals surface area contributed by atoms with E-state index in [9.17, 15) is 10.1 Å². The lowest BCUT2D eigenvalue weighted by molar-refractivity contribution is -0.431. The van der Waals surface area contributed by atoms with E-state index in [2.05, 4.69) is 15.3 Å². The quantitative estimate of drug-likeness (QED) is 0.580. The van der Waals surface area contributed by atoms with Gasteiger partial charge in [-0.05, 0) is 17.1 Å². The first-order valence-electron chi connectivity index (χ1n) is 4.57. The molecule has 82 valence electrons. The van der Waals surface area contributed by atoms with Gasteiger partial charge in [-0.25, -0.2) is 15.3 Å². The maximum Gasteiger partial charge on any atom is 0.334 e. The van der Waals surface area contributed by atoms with Gasteiger partial charge in [0.15, 0.2) is 6.67 Å². The molecule has 0 aliphatic carbocycles. The second-order valence-electron chi connectivity index (χ2n) is 3.00. The van der Waals surface area contributed by atoms with Crippen LogP contribution in [0.2, 0.25) is 0 Å². The van der Waals surface area contributed by atoms with Crippen LogP contribution in [0.15, 0.2) is 41.4 Å². The lowest BCUT2D eigenvalue weighted by Crippen LogP contribution is -2.21. The third-order valence-electron chi connectivity index (χ3n) is 1.93. The lowest BCUT2D eigenvalue weighted by Gasteiger charge is -2.10. The van der Waals surface area contributed by atoms with Crippen molar-refractivity contribution in [2.75, 3.05) is 11.6 Å². The Balaban J connectivity index is 2.32. The Morgan fingerprint density at radius 2 is 2.38 bits per heavy atom. The molecule has 0 fully saturated rings. The summed E-state index contributed by atoms with van der Waals surface area (Å²) in [6.07, 6.45) is 4.45. The normalized spacial score (nSPS) is 15.0. The third kappa shape index (κ3) is 2.14. The molecule has 0 unspecified atom stereocenters. The third-order valence-corrected chi connectivity index (χ3v) is 1.93. The largest absolute Gasteiger partial charge is 0.358 e. The van der Waals surface area contributed by atoms with E-state index in [4.69, 9.17) is 0 Å². The average Bonchev–Trinajstić information content (AvgIpc) is 2.56. The Labute approximate surface area is 91.3 Å². The average molecular weight is 219 g/mol. The highest BCUT2D eigenvalue weighted by Crippen LogP contribution is 2.10. The molecule has 1 aromatic heterocycles. The van der Waals surface area contributed by atoms with Gasteiger partial charge in [-0.3, -0.25) is 4.90 Å². The fraction of sp³-hybridized carbons (Fsp3) is 0.111. The Morgan fingerprint density at radius 1 is 1.50 bits per heavy atom. The molecule has 7 heteroatoms. The van der Waals surface area contributed by atoms with Gasteiger partial charge in [0.2, 0.25) is 0 Å². The Bertz CT molecular complexity index is 442. The summed E-state index contributed by atoms with van der Waals surface area (Å²) in [7, 11) is 0. The number of hydrogen-bond acceptors (Lipinski definition) is 6. The van der Waals surface area contributed by atoms with E-state index >= 15 is 0 Å². The van der Waals surface area contributed by atoms with Gasteiger partial charge < -0.3 is 10.1 Å². The standard InChI is InChI=1S/C9H9N5O2/c15-14(16)9-5-13(7-10-6-12-9)8-3-1-2-4-11-8/h1-5,7,12H,6H2. The van der Waals surface area contributed by atoms with Crippen molar-refractivity contribution in [2.45, 2.75) is 0 Å². The van der Waals surface area contributed by atoms with Crippen molar-refractivity contribution in [3.63, 3.8) is 0 Å². The SMILES string of the molecule is O=[N+]([O-])C1=CN(c2ccccn2)C=NCN1. The highest BCUT2D eigenvalue weighted by atomic mass is 16.6. The van der Waals surface area contributed by atoms with Crippen molar-refractivity contribution in [1.82, 2.24) is 10.3 Å². The second kappa shape index (κ2) is 4.39. The predicted octanol–water partition coefficient (Wildman–Crippen LogP) is 0.553. The maximum absolute atomic E-state index is 10.7. The van der Waals surface area contributed by atoms with Gasteiger partial charge in [-0.2, -0.15) is 0 Å². The summed E-state index contributed by atoms with van der Waals surface area (Å²) in [4.78, 5) is 19.7. The number of nitrogens with one attached hydrogen (secondary N) is 1. The molecule has 0 saturated carbocycles. The van der Waals surface area contributed by atoms with Crippen LogP contribution in [0.4, 0.5) is 5.82 Å². The zero-order valence-corrected chi connectivity index (χ0v) is 8.28. The van der Waals surface area contributed by atoms with Gasteiger partial charge in [0.05, 0.1) is 6.34 Å². The van der Waals surface area contributed by atoms with Crippen LogP contribution >= 0.6 is 0 Å². The van der Waals surface area contributed by atoms with Gasteiger partial charge in [0.1, 0.15) is 12.0 Å². The molecule has 1 aliphatic rings. The summed E-state index contributed by atoms with van der Waals surface area (Å²) in [5.74, 6) is 0.470. The topological polar surface area (TPSA) is 83.7 Å². The van der Waals surface area contributed by atoms with Crippen LogP contribution in [-0.4, -0.2) is 22.9 Å². The molecule has 16 heavy (non-hydrogen) atoms. The monoisotopic (exact) mass is 219 g/mol. The minimum atomic E-state index is -0.495. The van der Waals surface area contributed by atoms with Crippen molar-refractivity contribution in [2.24, 2.45) is 4.99 Å². The zero-order valence-electron chi connectivity index (χ0n) is 8.28. The minimum absolute atomic E-state index is 0.108. The van der Waals surface area contributed by atoms with E-state index in [1.165, 1.54) is 17.4 Å². The van der Waals surface area contributed by atoms with Crippen molar-refractivity contribution < 1.29 is 4.92 Å². The van der Waals surface area contributed by atoms with Crippen LogP contribution in [0.1, 0.15) is 0 Å². The summed E-state index contributed by atoms with van der Waals surface area (Å²) in [5, 5.41) is 13.2. The van der Waals surface area contributed by atoms with Crippen LogP contribution in [0.3, 0.4) is 0 Å². The first-order valence-corrected chi connectivity index (χ1v) is 4.57. The molecule has 0 radical (unpaired) electrons. The highest BCUT2D eigenvalue weighted by molar-refractivity contribution is 5.79. The number of hydrogen-bond donors (Lipinski definition) is 1. The van der Waals surface area contributed by atoms with Gasteiger partial charge >= 0.3 is 5.82 Å². The molecule has 2 heterocycles. The van der Waals surface area contributed by atoms with E-state index in [1.54, 1.807) is 24.4 Å². The molecule has 0 aromatic carbocycles. The minimum Gasteiger partial charge on any atom is -0.358 e. The number of aromatic nitrogens is 1. The molecule has 2 rings (SSSR count). The zero-order chi connectivity index (χ0) is 11.4. The molecule has 1 aliphatic heterocycles. The van der Waals surface area contributed by atoms with Crippen molar-refractivity contribution in [3.05, 3.63) is 46.5 Å². The molecular formula is C9H9N5O2. The Hall–Kier alpha value is -2.44. The second-order valence-corrected chi connectivity index (χ2v) is 3.00. The fourth-order valence-corrected chi connectivity index (χ4v) is 1.21. The van der Waals surface area contributed by atoms with Crippen LogP contribution < -0.4 is 10.2 Å². The highest BCUT2D eigenvalue weighted by Gasteiger charge is 2.14. The number of anilines is 1.